The van der Waals surface area contributed by atoms with Gasteiger partial charge in [0, 0.05) is 0 Å². The van der Waals surface area contributed by atoms with Crippen molar-refractivity contribution in [1.29, 1.82) is 0 Å². The first-order valence-electron chi connectivity index (χ1n) is 8.70. The van der Waals surface area contributed by atoms with E-state index in [0.29, 0.717) is 5.92 Å². The molecule has 0 aromatic heterocycles. The Morgan fingerprint density at radius 1 is 0.696 bits per heavy atom. The predicted molar refractivity (Wildman–Crippen MR) is 95.2 cm³/mol. The van der Waals surface area contributed by atoms with E-state index in [4.69, 9.17) is 0 Å². The summed E-state index contributed by atoms with van der Waals surface area (Å²) in [6.07, 6.45) is 5.02. The topological polar surface area (TPSA) is 0 Å². The number of hydrogen-bond acceptors (Lipinski definition) is 0. The molecule has 1 aliphatic heterocycles. The van der Waals surface area contributed by atoms with Crippen molar-refractivity contribution in [3.05, 3.63) is 81.9 Å². The summed E-state index contributed by atoms with van der Waals surface area (Å²) in [5.41, 5.74) is 9.59. The molecule has 23 heavy (non-hydrogen) atoms. The van der Waals surface area contributed by atoms with E-state index in [1.54, 1.807) is 22.3 Å². The first-order chi connectivity index (χ1) is 11.1. The van der Waals surface area contributed by atoms with E-state index in [1.165, 1.54) is 11.1 Å². The molecule has 3 aliphatic rings. The zero-order chi connectivity index (χ0) is 15.8. The molecule has 1 heteroatoms. The molecule has 0 amide bonds. The number of allylic oxidation sites excluding steroid dienone is 2. The summed E-state index contributed by atoms with van der Waals surface area (Å²) in [6.45, 7) is 2.44. The van der Waals surface area contributed by atoms with E-state index < -0.39 is 16.6 Å². The maximum atomic E-state index is 2.66. The molecule has 0 N–H and O–H groups in total. The maximum absolute atomic E-state index is 2.66. The van der Waals surface area contributed by atoms with Crippen LogP contribution in [0.3, 0.4) is 0 Å². The van der Waals surface area contributed by atoms with Gasteiger partial charge in [0.25, 0.3) is 0 Å². The first-order valence-corrected chi connectivity index (χ1v) is 13.6. The second-order valence-electron chi connectivity index (χ2n) is 7.96. The van der Waals surface area contributed by atoms with Crippen molar-refractivity contribution in [2.75, 3.05) is 0 Å². The molecule has 0 spiro atoms. The number of benzene rings is 2. The summed E-state index contributed by atoms with van der Waals surface area (Å²) in [5.74, 6) is 0.587. The summed E-state index contributed by atoms with van der Waals surface area (Å²) < 4.78 is 1.46. The fourth-order valence-electron chi connectivity index (χ4n) is 5.47. The van der Waals surface area contributed by atoms with Crippen LogP contribution < -0.4 is 0 Å². The monoisotopic (exact) mass is 334 g/mol. The molecule has 1 saturated heterocycles. The van der Waals surface area contributed by atoms with Crippen LogP contribution in [0.15, 0.2) is 59.7 Å². The zero-order valence-corrected chi connectivity index (χ0v) is 15.6. The average molecular weight is 334 g/mol. The van der Waals surface area contributed by atoms with Gasteiger partial charge < -0.3 is 0 Å². The number of hydrogen-bond donors (Lipinski definition) is 0. The van der Waals surface area contributed by atoms with E-state index in [-0.39, 0.29) is 0 Å². The van der Waals surface area contributed by atoms with Gasteiger partial charge in [-0.05, 0) is 0 Å². The molecule has 2 aromatic carbocycles. The normalized spacial score (nSPS) is 29.1. The Kier molecular flexibility index (Phi) is 2.80. The standard InChI is InChI=1S/C20H16.2CH3.Ti/c1-14(19-10-15-6-2-3-7-16(15)11-19)20-12-17-8-4-5-9-18(17)13-20;;;/h2-14H,1H3;2*1H3;. The summed E-state index contributed by atoms with van der Waals surface area (Å²) >= 11 is -2.14. The van der Waals surface area contributed by atoms with Crippen molar-refractivity contribution < 1.29 is 16.6 Å². The molecular weight excluding hydrogens is 312 g/mol. The molecule has 0 nitrogen and oxygen atoms in total. The molecule has 0 radical (unpaired) electrons. The van der Waals surface area contributed by atoms with E-state index in [2.05, 4.69) is 78.1 Å². The third-order valence-electron chi connectivity index (χ3n) is 6.41. The Balaban J connectivity index is 1.76. The van der Waals surface area contributed by atoms with E-state index >= 15 is 0 Å². The molecule has 1 fully saturated rings. The van der Waals surface area contributed by atoms with E-state index in [9.17, 15) is 0 Å². The number of fused-ring (bicyclic) bond motifs is 6. The SMILES string of the molecule is CC1C2=Cc3ccccc3[CH]2[Ti]([CH3])([CH3])[CH]2C1=Cc1ccccc12. The second-order valence-corrected chi connectivity index (χ2v) is 15.4. The number of rotatable bonds is 0. The van der Waals surface area contributed by atoms with Gasteiger partial charge in [0.2, 0.25) is 0 Å². The van der Waals surface area contributed by atoms with Crippen LogP contribution in [0, 0.1) is 5.92 Å². The van der Waals surface area contributed by atoms with E-state index in [0.717, 1.165) is 8.45 Å². The molecular formula is C22H22Ti. The van der Waals surface area contributed by atoms with Crippen molar-refractivity contribution in [2.45, 2.75) is 25.8 Å². The predicted octanol–water partition coefficient (Wildman–Crippen LogP) is 6.16. The zero-order valence-electron chi connectivity index (χ0n) is 14.0. The van der Waals surface area contributed by atoms with Crippen LogP contribution >= 0.6 is 0 Å². The minimum atomic E-state index is -2.14. The van der Waals surface area contributed by atoms with Crippen molar-refractivity contribution in [1.82, 2.24) is 0 Å². The van der Waals surface area contributed by atoms with Gasteiger partial charge in [0.15, 0.2) is 0 Å². The molecule has 0 bridgehead atoms. The minimum absolute atomic E-state index is 0.587. The van der Waals surface area contributed by atoms with Crippen molar-refractivity contribution >= 4 is 12.2 Å². The molecule has 2 aliphatic carbocycles. The summed E-state index contributed by atoms with van der Waals surface area (Å²) in [5, 5.41) is 5.32. The second kappa shape index (κ2) is 4.59. The summed E-state index contributed by atoms with van der Waals surface area (Å²) in [6, 6.07) is 18.2. The Morgan fingerprint density at radius 3 is 1.61 bits per heavy atom. The third kappa shape index (κ3) is 1.72. The average Bonchev–Trinajstić information content (AvgIpc) is 3.12. The summed E-state index contributed by atoms with van der Waals surface area (Å²) in [7, 11) is 0. The quantitative estimate of drug-likeness (QED) is 0.506. The molecule has 0 saturated carbocycles. The van der Waals surface area contributed by atoms with Crippen LogP contribution in [0.5, 0.6) is 0 Å². The van der Waals surface area contributed by atoms with Crippen LogP contribution in [-0.2, 0) is 16.6 Å². The van der Waals surface area contributed by atoms with Crippen LogP contribution in [0.2, 0.25) is 10.5 Å². The van der Waals surface area contributed by atoms with E-state index in [1.807, 2.05) is 0 Å². The van der Waals surface area contributed by atoms with Gasteiger partial charge >= 0.3 is 142 Å². The molecule has 2 aromatic rings. The van der Waals surface area contributed by atoms with Gasteiger partial charge in [0.1, 0.15) is 0 Å². The van der Waals surface area contributed by atoms with Gasteiger partial charge in [-0.1, -0.05) is 0 Å². The van der Waals surface area contributed by atoms with Crippen LogP contribution in [0.4, 0.5) is 0 Å². The summed E-state index contributed by atoms with van der Waals surface area (Å²) in [4.78, 5) is 0. The van der Waals surface area contributed by atoms with Crippen molar-refractivity contribution in [3.63, 3.8) is 0 Å². The Morgan fingerprint density at radius 2 is 1.13 bits per heavy atom. The fraction of sp³-hybridized carbons (Fsp3) is 0.273. The van der Waals surface area contributed by atoms with Gasteiger partial charge in [-0.3, -0.25) is 0 Å². The molecule has 2 unspecified atom stereocenters. The Labute approximate surface area is 142 Å². The van der Waals surface area contributed by atoms with Crippen molar-refractivity contribution in [3.8, 4) is 0 Å². The van der Waals surface area contributed by atoms with Gasteiger partial charge in [0.05, 0.1) is 0 Å². The third-order valence-corrected chi connectivity index (χ3v) is 13.1. The molecule has 2 atom stereocenters. The fourth-order valence-corrected chi connectivity index (χ4v) is 13.0. The Hall–Kier alpha value is -1.37. The van der Waals surface area contributed by atoms with Crippen LogP contribution in [-0.4, -0.2) is 0 Å². The van der Waals surface area contributed by atoms with Gasteiger partial charge in [-0.15, -0.1) is 0 Å². The molecule has 5 rings (SSSR count). The van der Waals surface area contributed by atoms with Crippen molar-refractivity contribution in [2.24, 2.45) is 5.92 Å². The Bertz CT molecular complexity index is 813. The van der Waals surface area contributed by atoms with Crippen LogP contribution in [0.1, 0.15) is 37.6 Å². The van der Waals surface area contributed by atoms with Crippen LogP contribution in [0.25, 0.3) is 12.2 Å². The van der Waals surface area contributed by atoms with Gasteiger partial charge in [-0.25, -0.2) is 0 Å². The molecule has 1 heterocycles. The first kappa shape index (κ1) is 14.0. The molecule has 114 valence electrons. The van der Waals surface area contributed by atoms with Gasteiger partial charge in [-0.2, -0.15) is 0 Å².